The van der Waals surface area contributed by atoms with Crippen molar-refractivity contribution in [2.75, 3.05) is 6.54 Å². The van der Waals surface area contributed by atoms with Gasteiger partial charge >= 0.3 is 6.18 Å². The number of hydrogen-bond donors (Lipinski definition) is 1. The summed E-state index contributed by atoms with van der Waals surface area (Å²) in [6.07, 6.45) is 1.47. The van der Waals surface area contributed by atoms with Gasteiger partial charge in [0.05, 0.1) is 35.4 Å². The number of hydrogen-bond acceptors (Lipinski definition) is 5. The van der Waals surface area contributed by atoms with Crippen molar-refractivity contribution in [1.29, 1.82) is 0 Å². The van der Waals surface area contributed by atoms with Crippen LogP contribution in [0.2, 0.25) is 0 Å². The van der Waals surface area contributed by atoms with Crippen LogP contribution in [-0.4, -0.2) is 41.6 Å². The van der Waals surface area contributed by atoms with E-state index in [1.807, 2.05) is 0 Å². The number of rotatable bonds is 3. The Balaban J connectivity index is 1.43. The Bertz CT molecular complexity index is 985. The van der Waals surface area contributed by atoms with Crippen LogP contribution in [0.3, 0.4) is 0 Å². The van der Waals surface area contributed by atoms with Crippen LogP contribution < -0.4 is 0 Å². The zero-order valence-electron chi connectivity index (χ0n) is 14.9. The van der Waals surface area contributed by atoms with Crippen molar-refractivity contribution in [1.82, 2.24) is 35.1 Å². The number of aromatic nitrogens is 6. The number of H-pyrrole nitrogens is 1. The Hall–Kier alpha value is -2.75. The van der Waals surface area contributed by atoms with Crippen LogP contribution >= 0.6 is 0 Å². The zero-order valence-corrected chi connectivity index (χ0v) is 14.9. The number of tetrazole rings is 1. The normalized spacial score (nSPS) is 18.8. The molecule has 0 amide bonds. The molecule has 1 aromatic carbocycles. The Kier molecular flexibility index (Phi) is 3.80. The highest BCUT2D eigenvalue weighted by Crippen LogP contribution is 2.49. The maximum absolute atomic E-state index is 12.8. The number of aromatic amines is 1. The molecule has 0 saturated heterocycles. The van der Waals surface area contributed by atoms with Crippen molar-refractivity contribution in [2.45, 2.75) is 43.9 Å². The van der Waals surface area contributed by atoms with Gasteiger partial charge in [-0.05, 0) is 54.0 Å². The van der Waals surface area contributed by atoms with Gasteiger partial charge in [-0.3, -0.25) is 4.90 Å². The van der Waals surface area contributed by atoms with Gasteiger partial charge in [0.2, 0.25) is 0 Å². The molecule has 3 aromatic rings. The van der Waals surface area contributed by atoms with Crippen LogP contribution in [-0.2, 0) is 24.7 Å². The minimum atomic E-state index is -4.37. The molecule has 1 fully saturated rings. The van der Waals surface area contributed by atoms with Crippen molar-refractivity contribution in [3.8, 4) is 5.69 Å². The van der Waals surface area contributed by atoms with Gasteiger partial charge in [-0.2, -0.15) is 17.9 Å². The molecule has 1 aliphatic carbocycles. The standard InChI is InChI=1S/C18H18F3N7/c19-18(20,21)12-2-4-13(5-3-12)28-15(24-25-26-28)10-27-9-6-14-16(23-11-22-14)17(27)7-1-8-17/h2-5,11H,1,6-10H2,(H,22,23). The van der Waals surface area contributed by atoms with E-state index in [0.717, 1.165) is 50.1 Å². The number of fused-ring (bicyclic) bond motifs is 2. The average molecular weight is 389 g/mol. The van der Waals surface area contributed by atoms with E-state index in [2.05, 4.69) is 30.4 Å². The molecule has 146 valence electrons. The SMILES string of the molecule is FC(F)(F)c1ccc(-n2nnnc2CN2CCc3[nH]cnc3C23CCC3)cc1. The molecule has 2 aromatic heterocycles. The van der Waals surface area contributed by atoms with Crippen molar-refractivity contribution in [3.05, 3.63) is 53.4 Å². The van der Waals surface area contributed by atoms with Crippen LogP contribution in [0.15, 0.2) is 30.6 Å². The molecule has 5 rings (SSSR count). The Morgan fingerprint density at radius 3 is 2.61 bits per heavy atom. The van der Waals surface area contributed by atoms with Crippen LogP contribution in [0.25, 0.3) is 5.69 Å². The summed E-state index contributed by atoms with van der Waals surface area (Å²) in [4.78, 5) is 10.2. The highest BCUT2D eigenvalue weighted by atomic mass is 19.4. The molecule has 3 heterocycles. The number of benzene rings is 1. The van der Waals surface area contributed by atoms with Gasteiger partial charge in [-0.1, -0.05) is 0 Å². The zero-order chi connectivity index (χ0) is 19.4. The van der Waals surface area contributed by atoms with E-state index in [0.29, 0.717) is 18.1 Å². The second-order valence-corrected chi connectivity index (χ2v) is 7.34. The first-order valence-corrected chi connectivity index (χ1v) is 9.20. The first-order chi connectivity index (χ1) is 13.5. The molecule has 1 N–H and O–H groups in total. The number of nitrogens with one attached hydrogen (secondary N) is 1. The Morgan fingerprint density at radius 1 is 1.14 bits per heavy atom. The summed E-state index contributed by atoms with van der Waals surface area (Å²) >= 11 is 0. The van der Waals surface area contributed by atoms with Crippen LogP contribution in [0, 0.1) is 0 Å². The van der Waals surface area contributed by atoms with Gasteiger partial charge in [-0.25, -0.2) is 4.98 Å². The maximum Gasteiger partial charge on any atom is 0.416 e. The third-order valence-electron chi connectivity index (χ3n) is 5.88. The topological polar surface area (TPSA) is 75.5 Å². The lowest BCUT2D eigenvalue weighted by Gasteiger charge is -2.51. The summed E-state index contributed by atoms with van der Waals surface area (Å²) < 4.78 is 39.9. The first-order valence-electron chi connectivity index (χ1n) is 9.20. The third-order valence-corrected chi connectivity index (χ3v) is 5.88. The number of alkyl halides is 3. The summed E-state index contributed by atoms with van der Waals surface area (Å²) in [5.41, 5.74) is 2.02. The summed E-state index contributed by atoms with van der Waals surface area (Å²) in [6.45, 7) is 1.37. The highest BCUT2D eigenvalue weighted by molar-refractivity contribution is 5.35. The lowest BCUT2D eigenvalue weighted by Crippen LogP contribution is -2.54. The highest BCUT2D eigenvalue weighted by Gasteiger charge is 2.49. The van der Waals surface area contributed by atoms with Gasteiger partial charge in [0.1, 0.15) is 0 Å². The van der Waals surface area contributed by atoms with E-state index in [9.17, 15) is 13.2 Å². The fourth-order valence-electron chi connectivity index (χ4n) is 4.29. The monoisotopic (exact) mass is 389 g/mol. The van der Waals surface area contributed by atoms with E-state index in [1.165, 1.54) is 22.5 Å². The van der Waals surface area contributed by atoms with Crippen molar-refractivity contribution >= 4 is 0 Å². The molecule has 0 atom stereocenters. The molecule has 0 radical (unpaired) electrons. The summed E-state index contributed by atoms with van der Waals surface area (Å²) in [6, 6.07) is 4.88. The second-order valence-electron chi connectivity index (χ2n) is 7.34. The Morgan fingerprint density at radius 2 is 1.93 bits per heavy atom. The Labute approximate surface area is 158 Å². The summed E-state index contributed by atoms with van der Waals surface area (Å²) in [7, 11) is 0. The number of imidazole rings is 1. The van der Waals surface area contributed by atoms with Crippen LogP contribution in [0.1, 0.15) is 42.0 Å². The lowest BCUT2D eigenvalue weighted by atomic mass is 9.70. The minimum absolute atomic E-state index is 0.0928. The molecular weight excluding hydrogens is 371 g/mol. The fourth-order valence-corrected chi connectivity index (χ4v) is 4.29. The molecule has 28 heavy (non-hydrogen) atoms. The van der Waals surface area contributed by atoms with Gasteiger partial charge in [0.15, 0.2) is 5.82 Å². The van der Waals surface area contributed by atoms with Crippen LogP contribution in [0.5, 0.6) is 0 Å². The summed E-state index contributed by atoms with van der Waals surface area (Å²) in [5, 5.41) is 11.9. The quantitative estimate of drug-likeness (QED) is 0.746. The van der Waals surface area contributed by atoms with Crippen molar-refractivity contribution in [3.63, 3.8) is 0 Å². The van der Waals surface area contributed by atoms with E-state index < -0.39 is 11.7 Å². The second kappa shape index (κ2) is 6.13. The molecule has 1 aliphatic heterocycles. The van der Waals surface area contributed by atoms with E-state index >= 15 is 0 Å². The number of halogens is 3. The number of nitrogens with zero attached hydrogens (tertiary/aromatic N) is 6. The average Bonchev–Trinajstić information content (AvgIpc) is 3.29. The van der Waals surface area contributed by atoms with E-state index in [4.69, 9.17) is 0 Å². The first kappa shape index (κ1) is 17.4. The molecule has 1 saturated carbocycles. The van der Waals surface area contributed by atoms with Gasteiger partial charge < -0.3 is 4.98 Å². The molecule has 0 unspecified atom stereocenters. The van der Waals surface area contributed by atoms with E-state index in [-0.39, 0.29) is 5.54 Å². The molecule has 1 spiro atoms. The predicted molar refractivity (Wildman–Crippen MR) is 92.4 cm³/mol. The van der Waals surface area contributed by atoms with Crippen molar-refractivity contribution < 1.29 is 13.2 Å². The molecule has 10 heteroatoms. The molecule has 0 bridgehead atoms. The molecular formula is C18H18F3N7. The lowest BCUT2D eigenvalue weighted by molar-refractivity contribution is -0.137. The molecule has 7 nitrogen and oxygen atoms in total. The fraction of sp³-hybridized carbons (Fsp3) is 0.444. The van der Waals surface area contributed by atoms with Gasteiger partial charge in [0, 0.05) is 18.7 Å². The smallest absolute Gasteiger partial charge is 0.348 e. The summed E-state index contributed by atoms with van der Waals surface area (Å²) in [5.74, 6) is 0.602. The van der Waals surface area contributed by atoms with Crippen molar-refractivity contribution in [2.24, 2.45) is 0 Å². The van der Waals surface area contributed by atoms with Gasteiger partial charge in [0.25, 0.3) is 0 Å². The predicted octanol–water partition coefficient (Wildman–Crippen LogP) is 2.84. The maximum atomic E-state index is 12.8. The van der Waals surface area contributed by atoms with Crippen LogP contribution in [0.4, 0.5) is 13.2 Å². The third kappa shape index (κ3) is 2.62. The molecule has 2 aliphatic rings. The minimum Gasteiger partial charge on any atom is -0.348 e. The van der Waals surface area contributed by atoms with E-state index in [1.54, 1.807) is 6.33 Å². The van der Waals surface area contributed by atoms with Gasteiger partial charge in [-0.15, -0.1) is 5.10 Å². The largest absolute Gasteiger partial charge is 0.416 e.